The van der Waals surface area contributed by atoms with Crippen LogP contribution in [0.5, 0.6) is 0 Å². The second-order valence-electron chi connectivity index (χ2n) is 5.49. The van der Waals surface area contributed by atoms with Gasteiger partial charge in [-0.15, -0.1) is 16.9 Å². The monoisotopic (exact) mass is 434 g/mol. The Labute approximate surface area is 163 Å². The Hall–Kier alpha value is -2.19. The Morgan fingerprint density at radius 2 is 1.88 bits per heavy atom. The fourth-order valence-corrected chi connectivity index (χ4v) is 3.30. The van der Waals surface area contributed by atoms with Gasteiger partial charge < -0.3 is 0 Å². The van der Waals surface area contributed by atoms with E-state index in [0.717, 1.165) is 14.9 Å². The van der Waals surface area contributed by atoms with E-state index in [9.17, 15) is 9.18 Å². The van der Waals surface area contributed by atoms with Crippen LogP contribution in [0.4, 0.5) is 10.3 Å². The van der Waals surface area contributed by atoms with Gasteiger partial charge in [0.2, 0.25) is 11.9 Å². The highest BCUT2D eigenvalue weighted by atomic mass is 79.9. The third kappa shape index (κ3) is 5.67. The molecule has 0 saturated heterocycles. The third-order valence-corrected chi connectivity index (χ3v) is 5.00. The normalized spacial score (nSPS) is 10.7. The summed E-state index contributed by atoms with van der Waals surface area (Å²) in [5.74, 6) is 0.466. The summed E-state index contributed by atoms with van der Waals surface area (Å²) in [6.07, 6.45) is 1.91. The first-order valence-corrected chi connectivity index (χ1v) is 9.68. The Morgan fingerprint density at radius 3 is 2.62 bits per heavy atom. The van der Waals surface area contributed by atoms with Crippen molar-refractivity contribution < 1.29 is 9.18 Å². The van der Waals surface area contributed by atoms with E-state index in [-0.39, 0.29) is 11.7 Å². The number of carbonyl (C=O) groups is 1. The van der Waals surface area contributed by atoms with Gasteiger partial charge in [0.05, 0.1) is 6.54 Å². The van der Waals surface area contributed by atoms with Crippen LogP contribution < -0.4 is 5.32 Å². The van der Waals surface area contributed by atoms with E-state index in [1.165, 1.54) is 23.9 Å². The molecule has 0 saturated carbocycles. The standard InChI is InChI=1S/C18H16BrFN4OS/c19-14-3-1-13(2-4-14)11-24-12-21-18(23-24)22-17(25)9-10-26-16-7-5-15(20)6-8-16/h1-8,12H,9-11H2,(H,22,23,25). The number of rotatable bonds is 7. The molecule has 1 N–H and O–H groups in total. The fraction of sp³-hybridized carbons (Fsp3) is 0.167. The molecule has 1 aromatic heterocycles. The zero-order chi connectivity index (χ0) is 18.4. The highest BCUT2D eigenvalue weighted by molar-refractivity contribution is 9.10. The molecule has 1 amide bonds. The average molecular weight is 435 g/mol. The molecule has 134 valence electrons. The molecule has 0 fully saturated rings. The van der Waals surface area contributed by atoms with Crippen LogP contribution in [-0.2, 0) is 11.3 Å². The van der Waals surface area contributed by atoms with E-state index in [1.807, 2.05) is 24.3 Å². The maximum atomic E-state index is 12.8. The SMILES string of the molecule is O=C(CCSc1ccc(F)cc1)Nc1ncn(Cc2ccc(Br)cc2)n1. The molecule has 8 heteroatoms. The Bertz CT molecular complexity index is 868. The second-order valence-corrected chi connectivity index (χ2v) is 7.58. The number of carbonyl (C=O) groups excluding carboxylic acids is 1. The number of aromatic nitrogens is 3. The van der Waals surface area contributed by atoms with E-state index in [0.29, 0.717) is 24.7 Å². The molecule has 26 heavy (non-hydrogen) atoms. The van der Waals surface area contributed by atoms with Crippen LogP contribution in [0, 0.1) is 5.82 Å². The molecule has 0 bridgehead atoms. The summed E-state index contributed by atoms with van der Waals surface area (Å²) in [5, 5.41) is 6.95. The van der Waals surface area contributed by atoms with Gasteiger partial charge in [-0.1, -0.05) is 28.1 Å². The second kappa shape index (κ2) is 8.95. The molecule has 0 spiro atoms. The zero-order valence-electron chi connectivity index (χ0n) is 13.7. The van der Waals surface area contributed by atoms with Gasteiger partial charge in [0.1, 0.15) is 12.1 Å². The highest BCUT2D eigenvalue weighted by Gasteiger charge is 2.07. The molecular formula is C18H16BrFN4OS. The van der Waals surface area contributed by atoms with Crippen molar-refractivity contribution in [3.05, 3.63) is 70.7 Å². The topological polar surface area (TPSA) is 59.8 Å². The number of amides is 1. The predicted molar refractivity (Wildman–Crippen MR) is 104 cm³/mol. The van der Waals surface area contributed by atoms with Crippen LogP contribution >= 0.6 is 27.7 Å². The molecule has 3 rings (SSSR count). The number of hydrogen-bond acceptors (Lipinski definition) is 4. The molecule has 5 nitrogen and oxygen atoms in total. The Morgan fingerprint density at radius 1 is 1.15 bits per heavy atom. The molecule has 0 radical (unpaired) electrons. The van der Waals surface area contributed by atoms with Crippen LogP contribution in [0.1, 0.15) is 12.0 Å². The highest BCUT2D eigenvalue weighted by Crippen LogP contribution is 2.19. The number of anilines is 1. The third-order valence-electron chi connectivity index (χ3n) is 3.46. The summed E-state index contributed by atoms with van der Waals surface area (Å²) >= 11 is 4.90. The predicted octanol–water partition coefficient (Wildman–Crippen LogP) is 4.35. The van der Waals surface area contributed by atoms with Crippen LogP contribution in [0.3, 0.4) is 0 Å². The average Bonchev–Trinajstić information content (AvgIpc) is 3.05. The first-order chi connectivity index (χ1) is 12.6. The largest absolute Gasteiger partial charge is 0.293 e. The molecule has 0 atom stereocenters. The maximum Gasteiger partial charge on any atom is 0.248 e. The first kappa shape index (κ1) is 18.6. The number of halogens is 2. The quantitative estimate of drug-likeness (QED) is 0.561. The minimum atomic E-state index is -0.267. The van der Waals surface area contributed by atoms with Crippen molar-refractivity contribution in [2.24, 2.45) is 0 Å². The molecule has 3 aromatic rings. The van der Waals surface area contributed by atoms with E-state index < -0.39 is 0 Å². The van der Waals surface area contributed by atoms with Gasteiger partial charge in [0.25, 0.3) is 0 Å². The van der Waals surface area contributed by atoms with Crippen LogP contribution in [0.15, 0.2) is 64.2 Å². The van der Waals surface area contributed by atoms with Crippen molar-refractivity contribution in [1.82, 2.24) is 14.8 Å². The van der Waals surface area contributed by atoms with Gasteiger partial charge in [-0.3, -0.25) is 10.1 Å². The van der Waals surface area contributed by atoms with Gasteiger partial charge in [0, 0.05) is 21.5 Å². The molecule has 0 aliphatic heterocycles. The summed E-state index contributed by atoms with van der Waals surface area (Å²) in [7, 11) is 0. The number of hydrogen-bond donors (Lipinski definition) is 1. The van der Waals surface area contributed by atoms with E-state index in [2.05, 4.69) is 31.3 Å². The molecule has 0 aliphatic rings. The first-order valence-electron chi connectivity index (χ1n) is 7.90. The Balaban J connectivity index is 1.45. The van der Waals surface area contributed by atoms with Gasteiger partial charge in [-0.25, -0.2) is 14.1 Å². The molecule has 1 heterocycles. The summed E-state index contributed by atoms with van der Waals surface area (Å²) in [5.41, 5.74) is 1.09. The smallest absolute Gasteiger partial charge is 0.248 e. The van der Waals surface area contributed by atoms with Crippen molar-refractivity contribution in [2.75, 3.05) is 11.1 Å². The van der Waals surface area contributed by atoms with Crippen molar-refractivity contribution in [1.29, 1.82) is 0 Å². The summed E-state index contributed by atoms with van der Waals surface area (Å²) in [6, 6.07) is 14.1. The van der Waals surface area contributed by atoms with Crippen molar-refractivity contribution >= 4 is 39.5 Å². The van der Waals surface area contributed by atoms with Crippen LogP contribution in [0.25, 0.3) is 0 Å². The number of nitrogens with one attached hydrogen (secondary N) is 1. The minimum absolute atomic E-state index is 0.152. The van der Waals surface area contributed by atoms with Crippen molar-refractivity contribution in [3.8, 4) is 0 Å². The minimum Gasteiger partial charge on any atom is -0.293 e. The van der Waals surface area contributed by atoms with Crippen LogP contribution in [-0.4, -0.2) is 26.4 Å². The lowest BCUT2D eigenvalue weighted by molar-refractivity contribution is -0.115. The zero-order valence-corrected chi connectivity index (χ0v) is 16.1. The van der Waals surface area contributed by atoms with Crippen molar-refractivity contribution in [3.63, 3.8) is 0 Å². The molecular weight excluding hydrogens is 419 g/mol. The summed E-state index contributed by atoms with van der Waals surface area (Å²) in [6.45, 7) is 0.580. The summed E-state index contributed by atoms with van der Waals surface area (Å²) < 4.78 is 15.5. The van der Waals surface area contributed by atoms with E-state index in [1.54, 1.807) is 23.1 Å². The Kier molecular flexibility index (Phi) is 6.40. The van der Waals surface area contributed by atoms with Crippen LogP contribution in [0.2, 0.25) is 0 Å². The molecule has 0 unspecified atom stereocenters. The molecule has 0 aliphatic carbocycles. The number of benzene rings is 2. The molecule has 2 aromatic carbocycles. The lowest BCUT2D eigenvalue weighted by Crippen LogP contribution is -2.13. The summed E-state index contributed by atoms with van der Waals surface area (Å²) in [4.78, 5) is 17.0. The van der Waals surface area contributed by atoms with Gasteiger partial charge in [0.15, 0.2) is 0 Å². The van der Waals surface area contributed by atoms with E-state index >= 15 is 0 Å². The van der Waals surface area contributed by atoms with Gasteiger partial charge in [-0.05, 0) is 42.0 Å². The van der Waals surface area contributed by atoms with Gasteiger partial charge in [-0.2, -0.15) is 0 Å². The van der Waals surface area contributed by atoms with Gasteiger partial charge >= 0.3 is 0 Å². The maximum absolute atomic E-state index is 12.8. The number of thioether (sulfide) groups is 1. The number of nitrogens with zero attached hydrogens (tertiary/aromatic N) is 3. The van der Waals surface area contributed by atoms with E-state index in [4.69, 9.17) is 0 Å². The lowest BCUT2D eigenvalue weighted by atomic mass is 10.2. The fourth-order valence-electron chi connectivity index (χ4n) is 2.18. The van der Waals surface area contributed by atoms with Crippen molar-refractivity contribution in [2.45, 2.75) is 17.9 Å². The lowest BCUT2D eigenvalue weighted by Gasteiger charge is -2.03.